The zero-order chi connectivity index (χ0) is 8.27. The molecule has 0 unspecified atom stereocenters. The summed E-state index contributed by atoms with van der Waals surface area (Å²) >= 11 is 0. The van der Waals surface area contributed by atoms with E-state index in [1.54, 1.807) is 6.92 Å². The lowest BCUT2D eigenvalue weighted by Gasteiger charge is -1.94. The fourth-order valence-corrected chi connectivity index (χ4v) is 0.584. The molecule has 0 spiro atoms. The van der Waals surface area contributed by atoms with Crippen molar-refractivity contribution in [1.82, 2.24) is 4.98 Å². The molecule has 11 heavy (non-hydrogen) atoms. The van der Waals surface area contributed by atoms with E-state index in [1.165, 1.54) is 6.20 Å². The summed E-state index contributed by atoms with van der Waals surface area (Å²) in [6.45, 7) is 2.01. The van der Waals surface area contributed by atoms with Crippen LogP contribution in [-0.2, 0) is 4.74 Å². The van der Waals surface area contributed by atoms with Gasteiger partial charge in [-0.3, -0.25) is 0 Å². The maximum Gasteiger partial charge on any atom is 0.375 e. The summed E-state index contributed by atoms with van der Waals surface area (Å²) in [6, 6.07) is 0. The molecule has 56 valence electrons. The molecule has 0 saturated heterocycles. The maximum atomic E-state index is 10.8. The molecule has 0 atom stereocenters. The smallest absolute Gasteiger partial charge is 0.375 e. The van der Waals surface area contributed by atoms with Crippen LogP contribution in [0.1, 0.15) is 17.5 Å². The van der Waals surface area contributed by atoms with Crippen molar-refractivity contribution in [3.63, 3.8) is 0 Å². The van der Waals surface area contributed by atoms with Gasteiger partial charge in [0.2, 0.25) is 5.76 Å². The molecule has 1 aromatic heterocycles. The van der Waals surface area contributed by atoms with Crippen molar-refractivity contribution >= 4 is 19.6 Å². The fourth-order valence-electron chi connectivity index (χ4n) is 0.584. The highest BCUT2D eigenvalue weighted by Gasteiger charge is 2.10. The normalized spacial score (nSPS) is 9.55. The lowest BCUT2D eigenvalue weighted by molar-refractivity contribution is 0.0492. The van der Waals surface area contributed by atoms with Crippen molar-refractivity contribution < 1.29 is 13.9 Å². The number of rotatable bonds is 2. The topological polar surface area (TPSA) is 52.3 Å². The van der Waals surface area contributed by atoms with Crippen LogP contribution in [0.5, 0.6) is 0 Å². The Morgan fingerprint density at radius 3 is 3.09 bits per heavy atom. The number of ether oxygens (including phenoxy) is 1. The number of esters is 1. The van der Waals surface area contributed by atoms with Crippen LogP contribution in [0, 0.1) is 0 Å². The first-order chi connectivity index (χ1) is 5.24. The molecular weight excluding hydrogens is 145 g/mol. The minimum atomic E-state index is -0.545. The minimum Gasteiger partial charge on any atom is -0.460 e. The van der Waals surface area contributed by atoms with E-state index >= 15 is 0 Å². The molecular formula is C6H6BNO3. The Hall–Kier alpha value is -1.26. The van der Waals surface area contributed by atoms with Crippen LogP contribution in [0.3, 0.4) is 0 Å². The third kappa shape index (κ3) is 1.83. The highest BCUT2D eigenvalue weighted by molar-refractivity contribution is 6.28. The van der Waals surface area contributed by atoms with E-state index in [0.29, 0.717) is 6.61 Å². The van der Waals surface area contributed by atoms with E-state index in [-0.39, 0.29) is 11.6 Å². The van der Waals surface area contributed by atoms with Gasteiger partial charge in [0.1, 0.15) is 5.79 Å². The molecule has 1 heterocycles. The van der Waals surface area contributed by atoms with Gasteiger partial charge in [-0.25, -0.2) is 9.78 Å². The van der Waals surface area contributed by atoms with Gasteiger partial charge in [0, 0.05) is 0 Å². The van der Waals surface area contributed by atoms with Gasteiger partial charge in [0.25, 0.3) is 0 Å². The third-order valence-corrected chi connectivity index (χ3v) is 1.00. The molecule has 0 amide bonds. The number of oxazole rings is 1. The number of aromatic nitrogens is 1. The first-order valence-corrected chi connectivity index (χ1v) is 3.12. The fraction of sp³-hybridized carbons (Fsp3) is 0.333. The molecule has 0 aliphatic heterocycles. The van der Waals surface area contributed by atoms with Crippen molar-refractivity contribution in [2.45, 2.75) is 6.92 Å². The molecule has 1 aromatic rings. The number of nitrogens with zero attached hydrogens (tertiary/aromatic N) is 1. The van der Waals surface area contributed by atoms with Gasteiger partial charge in [-0.15, -0.1) is 0 Å². The Balaban J connectivity index is 2.69. The third-order valence-electron chi connectivity index (χ3n) is 1.00. The van der Waals surface area contributed by atoms with Crippen molar-refractivity contribution in [3.8, 4) is 0 Å². The highest BCUT2D eigenvalue weighted by atomic mass is 16.5. The van der Waals surface area contributed by atoms with Crippen molar-refractivity contribution in [1.29, 1.82) is 0 Å². The molecule has 0 aliphatic rings. The van der Waals surface area contributed by atoms with Crippen molar-refractivity contribution in [3.05, 3.63) is 12.0 Å². The Kier molecular flexibility index (Phi) is 2.30. The zero-order valence-electron chi connectivity index (χ0n) is 6.03. The van der Waals surface area contributed by atoms with Crippen LogP contribution in [0.15, 0.2) is 10.6 Å². The monoisotopic (exact) mass is 151 g/mol. The second kappa shape index (κ2) is 3.23. The largest absolute Gasteiger partial charge is 0.460 e. The average molecular weight is 151 g/mol. The van der Waals surface area contributed by atoms with E-state index in [1.807, 2.05) is 0 Å². The molecule has 0 aliphatic carbocycles. The van der Waals surface area contributed by atoms with Gasteiger partial charge in [0.15, 0.2) is 7.85 Å². The molecule has 5 heteroatoms. The predicted molar refractivity (Wildman–Crippen MR) is 37.8 cm³/mol. The van der Waals surface area contributed by atoms with Crippen LogP contribution in [0.25, 0.3) is 0 Å². The predicted octanol–water partition coefficient (Wildman–Crippen LogP) is -0.355. The Morgan fingerprint density at radius 1 is 1.91 bits per heavy atom. The molecule has 0 bridgehead atoms. The van der Waals surface area contributed by atoms with Crippen molar-refractivity contribution in [2.75, 3.05) is 6.61 Å². The van der Waals surface area contributed by atoms with E-state index < -0.39 is 5.97 Å². The summed E-state index contributed by atoms with van der Waals surface area (Å²) in [5.74, 6) is -0.547. The Bertz CT molecular complexity index is 258. The molecule has 0 fully saturated rings. The average Bonchev–Trinajstić information content (AvgIpc) is 2.36. The molecule has 0 N–H and O–H groups in total. The Morgan fingerprint density at radius 2 is 2.64 bits per heavy atom. The summed E-state index contributed by atoms with van der Waals surface area (Å²) in [5.41, 5.74) is 0. The van der Waals surface area contributed by atoms with Gasteiger partial charge < -0.3 is 9.15 Å². The maximum absolute atomic E-state index is 10.8. The summed E-state index contributed by atoms with van der Waals surface area (Å²) in [5, 5.41) is 0. The standard InChI is InChI=1S/C6H6BNO3/c1-2-10-5(9)4-3-8-6(7)11-4/h3H,2H2,1H3. The summed E-state index contributed by atoms with van der Waals surface area (Å²) in [6.07, 6.45) is 1.23. The van der Waals surface area contributed by atoms with Crippen LogP contribution < -0.4 is 5.79 Å². The molecule has 0 saturated carbocycles. The zero-order valence-corrected chi connectivity index (χ0v) is 6.03. The van der Waals surface area contributed by atoms with Gasteiger partial charge >= 0.3 is 5.97 Å². The minimum absolute atomic E-state index is 0.0318. The van der Waals surface area contributed by atoms with E-state index in [0.717, 1.165) is 0 Å². The summed E-state index contributed by atoms with van der Waals surface area (Å²) < 4.78 is 9.30. The first kappa shape index (κ1) is 7.85. The van der Waals surface area contributed by atoms with E-state index in [9.17, 15) is 4.79 Å². The highest BCUT2D eigenvalue weighted by Crippen LogP contribution is 1.96. The quantitative estimate of drug-likeness (QED) is 0.428. The van der Waals surface area contributed by atoms with Gasteiger partial charge in [0.05, 0.1) is 12.8 Å². The van der Waals surface area contributed by atoms with Crippen LogP contribution in [0.2, 0.25) is 0 Å². The number of hydrogen-bond acceptors (Lipinski definition) is 4. The first-order valence-electron chi connectivity index (χ1n) is 3.12. The van der Waals surface area contributed by atoms with Gasteiger partial charge in [-0.05, 0) is 6.92 Å². The van der Waals surface area contributed by atoms with E-state index in [4.69, 9.17) is 7.85 Å². The van der Waals surface area contributed by atoms with Crippen LogP contribution >= 0.6 is 0 Å². The van der Waals surface area contributed by atoms with Gasteiger partial charge in [-0.1, -0.05) is 0 Å². The molecule has 4 nitrogen and oxygen atoms in total. The Labute approximate surface area is 65.0 Å². The molecule has 1 rings (SSSR count). The lowest BCUT2D eigenvalue weighted by atomic mass is 10.2. The molecule has 2 radical (unpaired) electrons. The summed E-state index contributed by atoms with van der Waals surface area (Å²) in [7, 11) is 5.13. The van der Waals surface area contributed by atoms with Crippen molar-refractivity contribution in [2.24, 2.45) is 0 Å². The van der Waals surface area contributed by atoms with Gasteiger partial charge in [-0.2, -0.15) is 0 Å². The lowest BCUT2D eigenvalue weighted by Crippen LogP contribution is -2.04. The molecule has 0 aromatic carbocycles. The second-order valence-electron chi connectivity index (χ2n) is 1.78. The number of carbonyl (C=O) groups excluding carboxylic acids is 1. The van der Waals surface area contributed by atoms with Crippen LogP contribution in [0.4, 0.5) is 0 Å². The van der Waals surface area contributed by atoms with Crippen LogP contribution in [-0.4, -0.2) is 25.4 Å². The SMILES string of the molecule is [B]c1ncc(C(=O)OCC)o1. The number of hydrogen-bond donors (Lipinski definition) is 0. The summed E-state index contributed by atoms with van der Waals surface area (Å²) in [4.78, 5) is 14.4. The number of carbonyl (C=O) groups is 1. The van der Waals surface area contributed by atoms with E-state index in [2.05, 4.69) is 14.1 Å². The second-order valence-corrected chi connectivity index (χ2v) is 1.78.